The van der Waals surface area contributed by atoms with Crippen LogP contribution in [0.25, 0.3) is 0 Å². The Bertz CT molecular complexity index is 302. The van der Waals surface area contributed by atoms with Crippen molar-refractivity contribution in [3.8, 4) is 0 Å². The quantitative estimate of drug-likeness (QED) is 0.910. The molecule has 0 unspecified atom stereocenters. The third kappa shape index (κ3) is 3.86. The topological polar surface area (TPSA) is 15.3 Å². The van der Waals surface area contributed by atoms with Crippen molar-refractivity contribution in [2.24, 2.45) is 0 Å². The average molecular weight is 278 g/mol. The number of hydrogen-bond donors (Lipinski definition) is 1. The van der Waals surface area contributed by atoms with E-state index in [0.717, 1.165) is 28.3 Å². The molecule has 0 saturated heterocycles. The van der Waals surface area contributed by atoms with Crippen LogP contribution in [0.1, 0.15) is 0 Å². The van der Waals surface area contributed by atoms with E-state index in [0.29, 0.717) is 0 Å². The molecule has 0 aliphatic rings. The highest BCUT2D eigenvalue weighted by Crippen LogP contribution is 2.25. The molecule has 78 valence electrons. The number of nitrogens with one attached hydrogen (secondary N) is 1. The largest absolute Gasteiger partial charge is 0.384 e. The summed E-state index contributed by atoms with van der Waals surface area (Å²) in [6.45, 7) is 1.95. The van der Waals surface area contributed by atoms with Crippen molar-refractivity contribution >= 4 is 33.2 Å². The maximum absolute atomic E-state index is 5.88. The molecule has 0 radical (unpaired) electrons. The number of likely N-dealkylation sites (N-methyl/N-ethyl adjacent to an activating group) is 1. The first kappa shape index (κ1) is 11.8. The molecule has 1 rings (SSSR count). The Morgan fingerprint density at radius 2 is 2.14 bits per heavy atom. The summed E-state index contributed by atoms with van der Waals surface area (Å²) >= 11 is 9.27. The van der Waals surface area contributed by atoms with Gasteiger partial charge < -0.3 is 10.2 Å². The van der Waals surface area contributed by atoms with Gasteiger partial charge in [-0.15, -0.1) is 0 Å². The summed E-state index contributed by atoms with van der Waals surface area (Å²) in [6, 6.07) is 5.84. The second-order valence-electron chi connectivity index (χ2n) is 3.36. The van der Waals surface area contributed by atoms with Crippen LogP contribution in [0.15, 0.2) is 22.7 Å². The number of anilines is 1. The summed E-state index contributed by atoms with van der Waals surface area (Å²) in [5, 5.41) is 4.05. The lowest BCUT2D eigenvalue weighted by Gasteiger charge is -2.11. The van der Waals surface area contributed by atoms with Crippen LogP contribution in [0.3, 0.4) is 0 Å². The number of halogens is 2. The van der Waals surface area contributed by atoms with Crippen molar-refractivity contribution in [2.45, 2.75) is 0 Å². The second-order valence-corrected chi connectivity index (χ2v) is 4.62. The van der Waals surface area contributed by atoms with Crippen molar-refractivity contribution in [1.82, 2.24) is 4.90 Å². The Balaban J connectivity index is 2.47. The molecule has 1 aromatic rings. The molecule has 0 aromatic heterocycles. The smallest absolute Gasteiger partial charge is 0.0549 e. The van der Waals surface area contributed by atoms with Gasteiger partial charge in [0.2, 0.25) is 0 Å². The monoisotopic (exact) mass is 276 g/mol. The molecule has 0 aliphatic heterocycles. The molecule has 0 bridgehead atoms. The van der Waals surface area contributed by atoms with Crippen molar-refractivity contribution in [3.05, 3.63) is 27.7 Å². The normalized spacial score (nSPS) is 10.6. The van der Waals surface area contributed by atoms with E-state index in [2.05, 4.69) is 40.2 Å². The highest BCUT2D eigenvalue weighted by molar-refractivity contribution is 9.10. The number of benzene rings is 1. The molecular weight excluding hydrogens is 263 g/mol. The number of hydrogen-bond acceptors (Lipinski definition) is 2. The van der Waals surface area contributed by atoms with Gasteiger partial charge in [-0.1, -0.05) is 11.6 Å². The fourth-order valence-corrected chi connectivity index (χ4v) is 1.53. The Morgan fingerprint density at radius 1 is 1.43 bits per heavy atom. The van der Waals surface area contributed by atoms with E-state index in [1.807, 2.05) is 18.2 Å². The molecule has 0 heterocycles. The summed E-state index contributed by atoms with van der Waals surface area (Å²) in [5.74, 6) is 0. The van der Waals surface area contributed by atoms with Gasteiger partial charge >= 0.3 is 0 Å². The minimum absolute atomic E-state index is 0.739. The molecular formula is C10H14BrClN2. The molecule has 4 heteroatoms. The summed E-state index contributed by atoms with van der Waals surface area (Å²) in [5.41, 5.74) is 1.09. The fraction of sp³-hybridized carbons (Fsp3) is 0.400. The fourth-order valence-electron chi connectivity index (χ4n) is 1.03. The van der Waals surface area contributed by atoms with Crippen molar-refractivity contribution in [2.75, 3.05) is 32.5 Å². The third-order valence-corrected chi connectivity index (χ3v) is 3.02. The molecule has 14 heavy (non-hydrogen) atoms. The van der Waals surface area contributed by atoms with E-state index in [4.69, 9.17) is 11.6 Å². The average Bonchev–Trinajstić information content (AvgIpc) is 2.10. The van der Waals surface area contributed by atoms with E-state index in [-0.39, 0.29) is 0 Å². The first-order valence-electron chi connectivity index (χ1n) is 4.43. The lowest BCUT2D eigenvalue weighted by molar-refractivity contribution is 0.425. The minimum atomic E-state index is 0.739. The zero-order valence-electron chi connectivity index (χ0n) is 8.35. The van der Waals surface area contributed by atoms with Crippen LogP contribution in [-0.2, 0) is 0 Å². The van der Waals surface area contributed by atoms with Crippen LogP contribution >= 0.6 is 27.5 Å². The van der Waals surface area contributed by atoms with Crippen molar-refractivity contribution in [1.29, 1.82) is 0 Å². The van der Waals surface area contributed by atoms with E-state index in [1.54, 1.807) is 0 Å². The molecule has 2 nitrogen and oxygen atoms in total. The van der Waals surface area contributed by atoms with Gasteiger partial charge in [-0.3, -0.25) is 0 Å². The van der Waals surface area contributed by atoms with E-state index in [9.17, 15) is 0 Å². The molecule has 0 atom stereocenters. The zero-order chi connectivity index (χ0) is 10.6. The summed E-state index contributed by atoms with van der Waals surface area (Å²) in [4.78, 5) is 2.14. The van der Waals surface area contributed by atoms with Crippen LogP contribution < -0.4 is 5.32 Å². The SMILES string of the molecule is CN(C)CCNc1ccc(Cl)c(Br)c1. The highest BCUT2D eigenvalue weighted by Gasteiger charge is 1.98. The molecule has 0 saturated carbocycles. The molecule has 1 N–H and O–H groups in total. The predicted molar refractivity (Wildman–Crippen MR) is 66.2 cm³/mol. The van der Waals surface area contributed by atoms with Gasteiger partial charge in [-0.2, -0.15) is 0 Å². The van der Waals surface area contributed by atoms with Crippen LogP contribution in [-0.4, -0.2) is 32.1 Å². The Morgan fingerprint density at radius 3 is 2.71 bits per heavy atom. The Kier molecular flexibility index (Phi) is 4.72. The van der Waals surface area contributed by atoms with Gasteiger partial charge in [0.1, 0.15) is 0 Å². The highest BCUT2D eigenvalue weighted by atomic mass is 79.9. The Labute approximate surface area is 98.4 Å². The molecule has 0 fully saturated rings. The van der Waals surface area contributed by atoms with Gasteiger partial charge in [0, 0.05) is 23.2 Å². The molecule has 1 aromatic carbocycles. The van der Waals surface area contributed by atoms with E-state index in [1.165, 1.54) is 0 Å². The number of rotatable bonds is 4. The lowest BCUT2D eigenvalue weighted by Crippen LogP contribution is -2.20. The summed E-state index contributed by atoms with van der Waals surface area (Å²) in [7, 11) is 4.11. The van der Waals surface area contributed by atoms with Gasteiger partial charge in [0.25, 0.3) is 0 Å². The van der Waals surface area contributed by atoms with Crippen LogP contribution in [0.5, 0.6) is 0 Å². The third-order valence-electron chi connectivity index (χ3n) is 1.81. The predicted octanol–water partition coefficient (Wildman–Crippen LogP) is 3.08. The Hall–Kier alpha value is -0.250. The van der Waals surface area contributed by atoms with Gasteiger partial charge in [-0.25, -0.2) is 0 Å². The minimum Gasteiger partial charge on any atom is -0.384 e. The van der Waals surface area contributed by atoms with E-state index < -0.39 is 0 Å². The van der Waals surface area contributed by atoms with Crippen LogP contribution in [0.2, 0.25) is 5.02 Å². The molecule has 0 spiro atoms. The molecule has 0 aliphatic carbocycles. The van der Waals surface area contributed by atoms with E-state index >= 15 is 0 Å². The lowest BCUT2D eigenvalue weighted by atomic mass is 10.3. The zero-order valence-corrected chi connectivity index (χ0v) is 10.7. The van der Waals surface area contributed by atoms with Gasteiger partial charge in [0.05, 0.1) is 5.02 Å². The maximum atomic E-state index is 5.88. The van der Waals surface area contributed by atoms with Gasteiger partial charge in [0.15, 0.2) is 0 Å². The second kappa shape index (κ2) is 5.59. The number of nitrogens with zero attached hydrogens (tertiary/aromatic N) is 1. The first-order valence-corrected chi connectivity index (χ1v) is 5.60. The molecule has 0 amide bonds. The van der Waals surface area contributed by atoms with Crippen LogP contribution in [0, 0.1) is 0 Å². The van der Waals surface area contributed by atoms with Crippen LogP contribution in [0.4, 0.5) is 5.69 Å². The maximum Gasteiger partial charge on any atom is 0.0549 e. The standard InChI is InChI=1S/C10H14BrClN2/c1-14(2)6-5-13-8-3-4-10(12)9(11)7-8/h3-4,7,13H,5-6H2,1-2H3. The first-order chi connectivity index (χ1) is 6.59. The van der Waals surface area contributed by atoms with Crippen molar-refractivity contribution in [3.63, 3.8) is 0 Å². The summed E-state index contributed by atoms with van der Waals surface area (Å²) < 4.78 is 0.925. The van der Waals surface area contributed by atoms with Crippen molar-refractivity contribution < 1.29 is 0 Å². The van der Waals surface area contributed by atoms with Gasteiger partial charge in [-0.05, 0) is 48.2 Å². The summed E-state index contributed by atoms with van der Waals surface area (Å²) in [6.07, 6.45) is 0.